The maximum absolute atomic E-state index is 5.45. The zero-order valence-electron chi connectivity index (χ0n) is 6.15. The highest BCUT2D eigenvalue weighted by Gasteiger charge is 2.00. The van der Waals surface area contributed by atoms with Crippen molar-refractivity contribution in [2.24, 2.45) is 5.73 Å². The van der Waals surface area contributed by atoms with Gasteiger partial charge in [0.25, 0.3) is 0 Å². The van der Waals surface area contributed by atoms with Crippen LogP contribution in [0.15, 0.2) is 23.6 Å². The maximum Gasteiger partial charge on any atom is 0.122 e. The minimum absolute atomic E-state index is 0.350. The molecule has 2 aromatic rings. The first kappa shape index (κ1) is 7.64. The normalized spacial score (nSPS) is 10.3. The number of rotatable bonds is 1. The fourth-order valence-corrected chi connectivity index (χ4v) is 1.83. The Kier molecular flexibility index (Phi) is 1.78. The fraction of sp³-hybridized carbons (Fsp3) is 0. The van der Waals surface area contributed by atoms with E-state index in [0.717, 1.165) is 10.2 Å². The molecule has 2 rings (SSSR count). The molecule has 0 spiro atoms. The molecular weight excluding hydrogens is 188 g/mol. The van der Waals surface area contributed by atoms with Gasteiger partial charge in [-0.15, -0.1) is 11.3 Å². The van der Waals surface area contributed by atoms with E-state index in [1.54, 1.807) is 11.3 Å². The van der Waals surface area contributed by atoms with Crippen molar-refractivity contribution in [1.29, 1.82) is 0 Å². The van der Waals surface area contributed by atoms with E-state index in [1.807, 2.05) is 23.6 Å². The number of fused-ring (bicyclic) bond motifs is 1. The summed E-state index contributed by atoms with van der Waals surface area (Å²) in [4.78, 5) is 4.63. The molecule has 2 aromatic heterocycles. The Labute approximate surface area is 79.0 Å². The van der Waals surface area contributed by atoms with Gasteiger partial charge >= 0.3 is 0 Å². The van der Waals surface area contributed by atoms with Gasteiger partial charge in [-0.3, -0.25) is 0 Å². The largest absolute Gasteiger partial charge is 0.388 e. The molecule has 0 atom stereocenters. The number of aromatic nitrogens is 1. The second-order valence-corrected chi connectivity index (χ2v) is 3.75. The number of thiophene rings is 1. The van der Waals surface area contributed by atoms with Crippen LogP contribution in [0, 0.1) is 0 Å². The monoisotopic (exact) mass is 194 g/mol. The Hall–Kier alpha value is -1.00. The zero-order valence-corrected chi connectivity index (χ0v) is 7.78. The van der Waals surface area contributed by atoms with Crippen LogP contribution < -0.4 is 5.73 Å². The second kappa shape index (κ2) is 2.80. The van der Waals surface area contributed by atoms with Gasteiger partial charge in [-0.1, -0.05) is 12.2 Å². The highest BCUT2D eigenvalue weighted by molar-refractivity contribution is 7.80. The average molecular weight is 194 g/mol. The van der Waals surface area contributed by atoms with E-state index in [2.05, 4.69) is 4.98 Å². The lowest BCUT2D eigenvalue weighted by molar-refractivity contribution is 1.38. The third-order valence-corrected chi connectivity index (χ3v) is 2.64. The SMILES string of the molecule is NC(=S)c1ccc2sccc2n1. The lowest BCUT2D eigenvalue weighted by Gasteiger charge is -1.95. The topological polar surface area (TPSA) is 38.9 Å². The van der Waals surface area contributed by atoms with Gasteiger partial charge in [-0.05, 0) is 23.6 Å². The Morgan fingerprint density at radius 2 is 2.25 bits per heavy atom. The van der Waals surface area contributed by atoms with E-state index in [4.69, 9.17) is 18.0 Å². The summed E-state index contributed by atoms with van der Waals surface area (Å²) in [6.07, 6.45) is 0. The molecule has 2 N–H and O–H groups in total. The molecule has 0 radical (unpaired) electrons. The minimum Gasteiger partial charge on any atom is -0.388 e. The summed E-state index contributed by atoms with van der Waals surface area (Å²) in [5.74, 6) is 0. The standard InChI is InChI=1S/C8H6N2S2/c9-8(11)6-1-2-7-5(10-6)3-4-12-7/h1-4H,(H2,9,11). The quantitative estimate of drug-likeness (QED) is 0.705. The van der Waals surface area contributed by atoms with Crippen LogP contribution in [0.4, 0.5) is 0 Å². The van der Waals surface area contributed by atoms with Crippen LogP contribution in [-0.4, -0.2) is 9.97 Å². The molecule has 60 valence electrons. The predicted molar refractivity (Wildman–Crippen MR) is 55.5 cm³/mol. The minimum atomic E-state index is 0.350. The molecule has 0 aliphatic carbocycles. The molecule has 0 aromatic carbocycles. The van der Waals surface area contributed by atoms with E-state index in [9.17, 15) is 0 Å². The molecule has 2 nitrogen and oxygen atoms in total. The van der Waals surface area contributed by atoms with Crippen molar-refractivity contribution in [3.8, 4) is 0 Å². The van der Waals surface area contributed by atoms with Gasteiger partial charge in [0.05, 0.1) is 15.9 Å². The molecule has 0 aliphatic rings. The lowest BCUT2D eigenvalue weighted by atomic mass is 10.3. The first-order valence-electron chi connectivity index (χ1n) is 3.41. The van der Waals surface area contributed by atoms with Crippen LogP contribution >= 0.6 is 23.6 Å². The third-order valence-electron chi connectivity index (χ3n) is 1.56. The van der Waals surface area contributed by atoms with E-state index in [-0.39, 0.29) is 0 Å². The van der Waals surface area contributed by atoms with Crippen molar-refractivity contribution < 1.29 is 0 Å². The molecule has 0 fully saturated rings. The molecule has 0 saturated carbocycles. The molecule has 12 heavy (non-hydrogen) atoms. The average Bonchev–Trinajstić information content (AvgIpc) is 2.49. The Morgan fingerprint density at radius 3 is 3.00 bits per heavy atom. The highest BCUT2D eigenvalue weighted by Crippen LogP contribution is 2.18. The Morgan fingerprint density at radius 1 is 1.42 bits per heavy atom. The van der Waals surface area contributed by atoms with E-state index < -0.39 is 0 Å². The number of hydrogen-bond acceptors (Lipinski definition) is 3. The smallest absolute Gasteiger partial charge is 0.122 e. The summed E-state index contributed by atoms with van der Waals surface area (Å²) in [5, 5.41) is 2.00. The Balaban J connectivity index is 2.68. The van der Waals surface area contributed by atoms with Crippen LogP contribution in [0.3, 0.4) is 0 Å². The summed E-state index contributed by atoms with van der Waals surface area (Å²) >= 11 is 6.48. The van der Waals surface area contributed by atoms with Crippen LogP contribution in [0.1, 0.15) is 5.69 Å². The highest BCUT2D eigenvalue weighted by atomic mass is 32.1. The van der Waals surface area contributed by atoms with Crippen LogP contribution in [0.2, 0.25) is 0 Å². The van der Waals surface area contributed by atoms with Crippen molar-refractivity contribution >= 4 is 38.8 Å². The predicted octanol–water partition coefficient (Wildman–Crippen LogP) is 1.93. The molecule has 4 heteroatoms. The summed E-state index contributed by atoms with van der Waals surface area (Å²) in [6, 6.07) is 5.80. The van der Waals surface area contributed by atoms with Gasteiger partial charge in [0.2, 0.25) is 0 Å². The third kappa shape index (κ3) is 1.19. The van der Waals surface area contributed by atoms with Crippen molar-refractivity contribution in [3.63, 3.8) is 0 Å². The molecule has 0 unspecified atom stereocenters. The molecule has 0 amide bonds. The summed E-state index contributed by atoms with van der Waals surface area (Å²) in [6.45, 7) is 0. The van der Waals surface area contributed by atoms with Crippen molar-refractivity contribution in [2.75, 3.05) is 0 Å². The van der Waals surface area contributed by atoms with E-state index in [1.165, 1.54) is 0 Å². The van der Waals surface area contributed by atoms with Gasteiger partial charge < -0.3 is 5.73 Å². The lowest BCUT2D eigenvalue weighted by Crippen LogP contribution is -2.10. The summed E-state index contributed by atoms with van der Waals surface area (Å²) < 4.78 is 1.16. The van der Waals surface area contributed by atoms with Gasteiger partial charge in [0, 0.05) is 0 Å². The number of thiocarbonyl (C=S) groups is 1. The van der Waals surface area contributed by atoms with Gasteiger partial charge in [0.1, 0.15) is 4.99 Å². The summed E-state index contributed by atoms with van der Waals surface area (Å²) in [5.41, 5.74) is 7.10. The second-order valence-electron chi connectivity index (χ2n) is 2.36. The van der Waals surface area contributed by atoms with E-state index in [0.29, 0.717) is 10.7 Å². The molecule has 0 saturated heterocycles. The summed E-state index contributed by atoms with van der Waals surface area (Å²) in [7, 11) is 0. The first-order valence-corrected chi connectivity index (χ1v) is 4.70. The maximum atomic E-state index is 5.45. The van der Waals surface area contributed by atoms with Crippen molar-refractivity contribution in [2.45, 2.75) is 0 Å². The molecule has 0 bridgehead atoms. The van der Waals surface area contributed by atoms with Gasteiger partial charge in [-0.2, -0.15) is 0 Å². The Bertz CT molecular complexity index is 433. The van der Waals surface area contributed by atoms with Gasteiger partial charge in [0.15, 0.2) is 0 Å². The number of hydrogen-bond donors (Lipinski definition) is 1. The number of pyridine rings is 1. The zero-order chi connectivity index (χ0) is 8.55. The van der Waals surface area contributed by atoms with Crippen LogP contribution in [0.5, 0.6) is 0 Å². The van der Waals surface area contributed by atoms with Crippen LogP contribution in [0.25, 0.3) is 10.2 Å². The van der Waals surface area contributed by atoms with Crippen LogP contribution in [-0.2, 0) is 0 Å². The molecule has 2 heterocycles. The molecule has 0 aliphatic heterocycles. The van der Waals surface area contributed by atoms with Crippen molar-refractivity contribution in [1.82, 2.24) is 4.98 Å². The number of nitrogens with zero attached hydrogens (tertiary/aromatic N) is 1. The van der Waals surface area contributed by atoms with Crippen molar-refractivity contribution in [3.05, 3.63) is 29.3 Å². The number of nitrogens with two attached hydrogens (primary N) is 1. The fourth-order valence-electron chi connectivity index (χ4n) is 0.990. The van der Waals surface area contributed by atoms with Gasteiger partial charge in [-0.25, -0.2) is 4.98 Å². The molecular formula is C8H6N2S2. The first-order chi connectivity index (χ1) is 5.77. The van der Waals surface area contributed by atoms with E-state index >= 15 is 0 Å².